The van der Waals surface area contributed by atoms with E-state index in [1.54, 1.807) is 12.4 Å². The molecule has 2 heterocycles. The van der Waals surface area contributed by atoms with Gasteiger partial charge in [-0.15, -0.1) is 0 Å². The van der Waals surface area contributed by atoms with Crippen LogP contribution in [0.4, 0.5) is 0 Å². The minimum atomic E-state index is 0.231. The second-order valence-electron chi connectivity index (χ2n) is 3.17. The number of rotatable bonds is 2. The molecule has 0 radical (unpaired) electrons. The Bertz CT molecular complexity index is 293. The highest BCUT2D eigenvalue weighted by Gasteiger charge is 2.23. The van der Waals surface area contributed by atoms with Gasteiger partial charge < -0.3 is 0 Å². The average Bonchev–Trinajstić information content (AvgIpc) is 2.71. The van der Waals surface area contributed by atoms with Crippen molar-refractivity contribution in [1.82, 2.24) is 4.98 Å². The normalized spacial score (nSPS) is 21.7. The number of thioether (sulfide) groups is 1. The number of hydrogen-bond donors (Lipinski definition) is 0. The van der Waals surface area contributed by atoms with Crippen LogP contribution in [0.25, 0.3) is 0 Å². The van der Waals surface area contributed by atoms with Gasteiger partial charge in [-0.25, -0.2) is 0 Å². The Morgan fingerprint density at radius 2 is 2.54 bits per heavy atom. The molecule has 0 N–H and O–H groups in total. The van der Waals surface area contributed by atoms with Gasteiger partial charge in [-0.3, -0.25) is 9.78 Å². The first kappa shape index (κ1) is 8.75. The Kier molecular flexibility index (Phi) is 2.64. The number of aromatic nitrogens is 1. The van der Waals surface area contributed by atoms with E-state index in [1.807, 2.05) is 23.9 Å². The first-order valence-electron chi connectivity index (χ1n) is 4.40. The Morgan fingerprint density at radius 1 is 1.62 bits per heavy atom. The van der Waals surface area contributed by atoms with Gasteiger partial charge in [0.2, 0.25) is 0 Å². The van der Waals surface area contributed by atoms with Gasteiger partial charge in [0, 0.05) is 29.6 Å². The van der Waals surface area contributed by atoms with E-state index in [9.17, 15) is 4.79 Å². The van der Waals surface area contributed by atoms with E-state index in [0.717, 1.165) is 23.5 Å². The van der Waals surface area contributed by atoms with Gasteiger partial charge in [-0.2, -0.15) is 11.8 Å². The molecule has 1 saturated heterocycles. The zero-order chi connectivity index (χ0) is 9.10. The smallest absolute Gasteiger partial charge is 0.168 e. The molecular weight excluding hydrogens is 182 g/mol. The predicted octanol–water partition coefficient (Wildman–Crippen LogP) is 2.02. The van der Waals surface area contributed by atoms with E-state index < -0.39 is 0 Å². The zero-order valence-corrected chi connectivity index (χ0v) is 8.09. The van der Waals surface area contributed by atoms with Crippen molar-refractivity contribution in [3.8, 4) is 0 Å². The Hall–Kier alpha value is -0.830. The molecule has 0 amide bonds. The highest BCUT2D eigenvalue weighted by Crippen LogP contribution is 2.26. The van der Waals surface area contributed by atoms with E-state index in [1.165, 1.54) is 0 Å². The van der Waals surface area contributed by atoms with E-state index in [-0.39, 0.29) is 11.7 Å². The standard InChI is InChI=1S/C10H11NOS/c12-10(9-3-5-13-7-9)8-2-1-4-11-6-8/h1-2,4,6,9H,3,5,7H2/t9-/m0/s1. The summed E-state index contributed by atoms with van der Waals surface area (Å²) in [5.41, 5.74) is 0.759. The van der Waals surface area contributed by atoms with Gasteiger partial charge >= 0.3 is 0 Å². The molecular formula is C10H11NOS. The third kappa shape index (κ3) is 1.91. The van der Waals surface area contributed by atoms with Crippen LogP contribution >= 0.6 is 11.8 Å². The molecule has 2 nitrogen and oxygen atoms in total. The lowest BCUT2D eigenvalue weighted by Gasteiger charge is -2.05. The van der Waals surface area contributed by atoms with Crippen LogP contribution in [0, 0.1) is 5.92 Å². The number of ketones is 1. The fraction of sp³-hybridized carbons (Fsp3) is 0.400. The molecule has 1 aliphatic rings. The summed E-state index contributed by atoms with van der Waals surface area (Å²) in [6.45, 7) is 0. The monoisotopic (exact) mass is 193 g/mol. The summed E-state index contributed by atoms with van der Waals surface area (Å²) in [5, 5.41) is 0. The molecule has 0 bridgehead atoms. The summed E-state index contributed by atoms with van der Waals surface area (Å²) >= 11 is 1.86. The highest BCUT2D eigenvalue weighted by atomic mass is 32.2. The molecule has 1 aromatic rings. The summed E-state index contributed by atoms with van der Waals surface area (Å²) < 4.78 is 0. The number of Topliss-reactive ketones (excluding diaryl/α,β-unsaturated/α-hetero) is 1. The van der Waals surface area contributed by atoms with Gasteiger partial charge in [0.15, 0.2) is 5.78 Å². The minimum absolute atomic E-state index is 0.231. The van der Waals surface area contributed by atoms with Crippen LogP contribution in [0.15, 0.2) is 24.5 Å². The maximum absolute atomic E-state index is 11.8. The van der Waals surface area contributed by atoms with Gasteiger partial charge in [0.1, 0.15) is 0 Å². The second kappa shape index (κ2) is 3.92. The lowest BCUT2D eigenvalue weighted by Crippen LogP contribution is -2.13. The van der Waals surface area contributed by atoms with Crippen LogP contribution in [0.1, 0.15) is 16.8 Å². The predicted molar refractivity (Wildman–Crippen MR) is 54.0 cm³/mol. The van der Waals surface area contributed by atoms with Crippen LogP contribution in [-0.4, -0.2) is 22.3 Å². The molecule has 13 heavy (non-hydrogen) atoms. The van der Waals surface area contributed by atoms with Crippen LogP contribution in [0.5, 0.6) is 0 Å². The number of carbonyl (C=O) groups is 1. The Balaban J connectivity index is 2.13. The minimum Gasteiger partial charge on any atom is -0.294 e. The maximum Gasteiger partial charge on any atom is 0.168 e. The quantitative estimate of drug-likeness (QED) is 0.673. The summed E-state index contributed by atoms with van der Waals surface area (Å²) in [6, 6.07) is 3.66. The van der Waals surface area contributed by atoms with E-state index in [0.29, 0.717) is 0 Å². The molecule has 0 unspecified atom stereocenters. The molecule has 0 aromatic carbocycles. The van der Waals surface area contributed by atoms with Crippen LogP contribution in [0.3, 0.4) is 0 Å². The Morgan fingerprint density at radius 3 is 3.15 bits per heavy atom. The van der Waals surface area contributed by atoms with E-state index in [4.69, 9.17) is 0 Å². The summed E-state index contributed by atoms with van der Waals surface area (Å²) in [4.78, 5) is 15.7. The Labute approximate surface area is 81.8 Å². The number of hydrogen-bond acceptors (Lipinski definition) is 3. The van der Waals surface area contributed by atoms with Crippen molar-refractivity contribution >= 4 is 17.5 Å². The summed E-state index contributed by atoms with van der Waals surface area (Å²) in [7, 11) is 0. The number of nitrogens with zero attached hydrogens (tertiary/aromatic N) is 1. The summed E-state index contributed by atoms with van der Waals surface area (Å²) in [6.07, 6.45) is 4.38. The number of pyridine rings is 1. The second-order valence-corrected chi connectivity index (χ2v) is 4.32. The van der Waals surface area contributed by atoms with Crippen molar-refractivity contribution in [2.24, 2.45) is 5.92 Å². The molecule has 3 heteroatoms. The van der Waals surface area contributed by atoms with Gasteiger partial charge in [-0.05, 0) is 24.3 Å². The van der Waals surface area contributed by atoms with Crippen molar-refractivity contribution in [3.05, 3.63) is 30.1 Å². The first-order valence-corrected chi connectivity index (χ1v) is 5.55. The molecule has 0 spiro atoms. The molecule has 0 aliphatic carbocycles. The van der Waals surface area contributed by atoms with Crippen molar-refractivity contribution in [2.75, 3.05) is 11.5 Å². The molecule has 1 fully saturated rings. The zero-order valence-electron chi connectivity index (χ0n) is 7.27. The van der Waals surface area contributed by atoms with Gasteiger partial charge in [0.05, 0.1) is 0 Å². The SMILES string of the molecule is O=C(c1cccnc1)[C@H]1CCSC1. The molecule has 1 aromatic heterocycles. The van der Waals surface area contributed by atoms with Crippen molar-refractivity contribution < 1.29 is 4.79 Å². The fourth-order valence-electron chi connectivity index (χ4n) is 1.49. The largest absolute Gasteiger partial charge is 0.294 e. The van der Waals surface area contributed by atoms with Crippen molar-refractivity contribution in [2.45, 2.75) is 6.42 Å². The number of carbonyl (C=O) groups excluding carboxylic acids is 1. The lowest BCUT2D eigenvalue weighted by molar-refractivity contribution is 0.0933. The lowest BCUT2D eigenvalue weighted by atomic mass is 9.99. The van der Waals surface area contributed by atoms with Crippen LogP contribution < -0.4 is 0 Å². The van der Waals surface area contributed by atoms with Gasteiger partial charge in [-0.1, -0.05) is 0 Å². The first-order chi connectivity index (χ1) is 6.38. The van der Waals surface area contributed by atoms with Gasteiger partial charge in [0.25, 0.3) is 0 Å². The highest BCUT2D eigenvalue weighted by molar-refractivity contribution is 7.99. The van der Waals surface area contributed by atoms with Crippen molar-refractivity contribution in [3.63, 3.8) is 0 Å². The molecule has 1 aliphatic heterocycles. The van der Waals surface area contributed by atoms with Crippen molar-refractivity contribution in [1.29, 1.82) is 0 Å². The molecule has 1 atom stereocenters. The molecule has 0 saturated carbocycles. The van der Waals surface area contributed by atoms with Crippen LogP contribution in [0.2, 0.25) is 0 Å². The summed E-state index contributed by atoms with van der Waals surface area (Å²) in [5.74, 6) is 2.59. The third-order valence-corrected chi connectivity index (χ3v) is 3.41. The van der Waals surface area contributed by atoms with E-state index >= 15 is 0 Å². The maximum atomic E-state index is 11.8. The molecule has 68 valence electrons. The topological polar surface area (TPSA) is 30.0 Å². The van der Waals surface area contributed by atoms with E-state index in [2.05, 4.69) is 4.98 Å². The van der Waals surface area contributed by atoms with Crippen LogP contribution in [-0.2, 0) is 0 Å². The third-order valence-electron chi connectivity index (χ3n) is 2.25. The fourth-order valence-corrected chi connectivity index (χ4v) is 2.71. The average molecular weight is 193 g/mol. The molecule has 2 rings (SSSR count).